The third-order valence-electron chi connectivity index (χ3n) is 3.53. The van der Waals surface area contributed by atoms with Crippen LogP contribution in [0.5, 0.6) is 0 Å². The van der Waals surface area contributed by atoms with E-state index < -0.39 is 0 Å². The Bertz CT molecular complexity index is 371. The zero-order valence-electron chi connectivity index (χ0n) is 9.39. The van der Waals surface area contributed by atoms with E-state index in [4.69, 9.17) is 17.3 Å². The Labute approximate surface area is 96.6 Å². The number of hydrogen-bond acceptors (Lipinski definition) is 1. The molecule has 0 saturated heterocycles. The summed E-state index contributed by atoms with van der Waals surface area (Å²) in [5.74, 6) is 0.592. The SMILES string of the molecule is CC1(C)Cc2cc(Cl)ccc2C1CCN. The van der Waals surface area contributed by atoms with Crippen LogP contribution in [0, 0.1) is 5.41 Å². The lowest BCUT2D eigenvalue weighted by Gasteiger charge is -2.27. The fourth-order valence-electron chi connectivity index (χ4n) is 2.82. The van der Waals surface area contributed by atoms with Crippen LogP contribution in [0.1, 0.15) is 37.3 Å². The van der Waals surface area contributed by atoms with Crippen LogP contribution < -0.4 is 5.73 Å². The number of benzene rings is 1. The van der Waals surface area contributed by atoms with Crippen LogP contribution in [0.4, 0.5) is 0 Å². The lowest BCUT2D eigenvalue weighted by atomic mass is 9.78. The lowest BCUT2D eigenvalue weighted by molar-refractivity contribution is 0.302. The van der Waals surface area contributed by atoms with Crippen molar-refractivity contribution in [2.24, 2.45) is 11.1 Å². The third-order valence-corrected chi connectivity index (χ3v) is 3.76. The molecule has 1 unspecified atom stereocenters. The predicted octanol–water partition coefficient (Wildman–Crippen LogP) is 3.35. The minimum absolute atomic E-state index is 0.326. The molecule has 0 fully saturated rings. The molecule has 2 N–H and O–H groups in total. The van der Waals surface area contributed by atoms with E-state index in [1.54, 1.807) is 0 Å². The van der Waals surface area contributed by atoms with Gasteiger partial charge in [-0.25, -0.2) is 0 Å². The molecule has 0 bridgehead atoms. The van der Waals surface area contributed by atoms with Crippen LogP contribution in [-0.2, 0) is 6.42 Å². The molecule has 82 valence electrons. The highest BCUT2D eigenvalue weighted by Crippen LogP contribution is 2.48. The monoisotopic (exact) mass is 223 g/mol. The minimum atomic E-state index is 0.326. The number of hydrogen-bond donors (Lipinski definition) is 1. The Morgan fingerprint density at radius 2 is 2.20 bits per heavy atom. The normalized spacial score (nSPS) is 22.8. The van der Waals surface area contributed by atoms with Gasteiger partial charge in [-0.1, -0.05) is 31.5 Å². The molecule has 1 atom stereocenters. The zero-order chi connectivity index (χ0) is 11.1. The molecular formula is C13H18ClN. The van der Waals surface area contributed by atoms with Gasteiger partial charge in [-0.3, -0.25) is 0 Å². The van der Waals surface area contributed by atoms with Gasteiger partial charge in [0.1, 0.15) is 0 Å². The summed E-state index contributed by atoms with van der Waals surface area (Å²) in [6, 6.07) is 6.27. The molecule has 2 rings (SSSR count). The van der Waals surface area contributed by atoms with E-state index in [1.807, 2.05) is 6.07 Å². The molecule has 0 heterocycles. The Hall–Kier alpha value is -0.530. The Morgan fingerprint density at radius 1 is 1.47 bits per heavy atom. The van der Waals surface area contributed by atoms with Gasteiger partial charge in [-0.2, -0.15) is 0 Å². The molecule has 1 aromatic carbocycles. The van der Waals surface area contributed by atoms with Crippen molar-refractivity contribution in [3.05, 3.63) is 34.3 Å². The zero-order valence-corrected chi connectivity index (χ0v) is 10.1. The lowest BCUT2D eigenvalue weighted by Crippen LogP contribution is -2.20. The summed E-state index contributed by atoms with van der Waals surface area (Å²) in [5, 5.41) is 0.845. The summed E-state index contributed by atoms with van der Waals surface area (Å²) >= 11 is 6.02. The highest BCUT2D eigenvalue weighted by molar-refractivity contribution is 6.30. The average Bonchev–Trinajstić information content (AvgIpc) is 2.37. The molecule has 1 aliphatic carbocycles. The summed E-state index contributed by atoms with van der Waals surface area (Å²) in [6.45, 7) is 5.40. The smallest absolute Gasteiger partial charge is 0.0408 e. The van der Waals surface area contributed by atoms with E-state index >= 15 is 0 Å². The molecule has 1 aromatic rings. The van der Waals surface area contributed by atoms with Crippen molar-refractivity contribution in [3.63, 3.8) is 0 Å². The highest BCUT2D eigenvalue weighted by atomic mass is 35.5. The molecule has 0 radical (unpaired) electrons. The molecule has 0 spiro atoms. The van der Waals surface area contributed by atoms with Crippen molar-refractivity contribution in [2.45, 2.75) is 32.6 Å². The van der Waals surface area contributed by atoms with Crippen molar-refractivity contribution in [1.82, 2.24) is 0 Å². The Kier molecular flexibility index (Phi) is 2.78. The van der Waals surface area contributed by atoms with Gasteiger partial charge in [0.2, 0.25) is 0 Å². The number of rotatable bonds is 2. The van der Waals surface area contributed by atoms with Crippen molar-refractivity contribution in [2.75, 3.05) is 6.54 Å². The second-order valence-electron chi connectivity index (χ2n) is 5.14. The molecule has 0 amide bonds. The van der Waals surface area contributed by atoms with Crippen molar-refractivity contribution in [1.29, 1.82) is 0 Å². The molecule has 0 aromatic heterocycles. The summed E-state index contributed by atoms with van der Waals surface area (Å²) < 4.78 is 0. The first-order valence-electron chi connectivity index (χ1n) is 5.53. The number of fused-ring (bicyclic) bond motifs is 1. The second kappa shape index (κ2) is 3.80. The maximum absolute atomic E-state index is 6.02. The number of nitrogens with two attached hydrogens (primary N) is 1. The van der Waals surface area contributed by atoms with Crippen LogP contribution in [0.25, 0.3) is 0 Å². The van der Waals surface area contributed by atoms with Crippen LogP contribution in [0.15, 0.2) is 18.2 Å². The van der Waals surface area contributed by atoms with E-state index in [1.165, 1.54) is 11.1 Å². The predicted molar refractivity (Wildman–Crippen MR) is 65.3 cm³/mol. The molecular weight excluding hydrogens is 206 g/mol. The first kappa shape index (κ1) is 11.0. The van der Waals surface area contributed by atoms with Crippen molar-refractivity contribution < 1.29 is 0 Å². The van der Waals surface area contributed by atoms with E-state index in [0.717, 1.165) is 24.4 Å². The molecule has 15 heavy (non-hydrogen) atoms. The standard InChI is InChI=1S/C13H18ClN/c1-13(2)8-9-7-10(14)3-4-11(9)12(13)5-6-15/h3-4,7,12H,5-6,8,15H2,1-2H3. The summed E-state index contributed by atoms with van der Waals surface area (Å²) in [7, 11) is 0. The molecule has 0 aliphatic heterocycles. The quantitative estimate of drug-likeness (QED) is 0.818. The van der Waals surface area contributed by atoms with Gasteiger partial charge in [0, 0.05) is 5.02 Å². The highest BCUT2D eigenvalue weighted by Gasteiger charge is 2.37. The number of halogens is 1. The summed E-state index contributed by atoms with van der Waals surface area (Å²) in [5.41, 5.74) is 8.88. The summed E-state index contributed by atoms with van der Waals surface area (Å²) in [6.07, 6.45) is 2.19. The van der Waals surface area contributed by atoms with Gasteiger partial charge < -0.3 is 5.73 Å². The van der Waals surface area contributed by atoms with Crippen LogP contribution in [-0.4, -0.2) is 6.54 Å². The second-order valence-corrected chi connectivity index (χ2v) is 5.57. The summed E-state index contributed by atoms with van der Waals surface area (Å²) in [4.78, 5) is 0. The molecule has 1 nitrogen and oxygen atoms in total. The largest absolute Gasteiger partial charge is 0.330 e. The first-order chi connectivity index (χ1) is 7.04. The fourth-order valence-corrected chi connectivity index (χ4v) is 3.01. The molecule has 1 aliphatic rings. The topological polar surface area (TPSA) is 26.0 Å². The van der Waals surface area contributed by atoms with Gasteiger partial charge in [0.15, 0.2) is 0 Å². The van der Waals surface area contributed by atoms with Gasteiger partial charge in [0.25, 0.3) is 0 Å². The Morgan fingerprint density at radius 3 is 2.87 bits per heavy atom. The van der Waals surface area contributed by atoms with Crippen molar-refractivity contribution in [3.8, 4) is 0 Å². The maximum Gasteiger partial charge on any atom is 0.0408 e. The molecule has 0 saturated carbocycles. The maximum atomic E-state index is 6.02. The minimum Gasteiger partial charge on any atom is -0.330 e. The van der Waals surface area contributed by atoms with Crippen LogP contribution in [0.3, 0.4) is 0 Å². The van der Waals surface area contributed by atoms with Crippen molar-refractivity contribution >= 4 is 11.6 Å². The first-order valence-corrected chi connectivity index (χ1v) is 5.91. The van der Waals surface area contributed by atoms with E-state index in [9.17, 15) is 0 Å². The molecule has 2 heteroatoms. The van der Waals surface area contributed by atoms with Gasteiger partial charge in [-0.05, 0) is 54.0 Å². The van der Waals surface area contributed by atoms with Gasteiger partial charge in [0.05, 0.1) is 0 Å². The Balaban J connectivity index is 2.40. The van der Waals surface area contributed by atoms with Gasteiger partial charge >= 0.3 is 0 Å². The fraction of sp³-hybridized carbons (Fsp3) is 0.538. The van der Waals surface area contributed by atoms with Crippen LogP contribution in [0.2, 0.25) is 5.02 Å². The van der Waals surface area contributed by atoms with E-state index in [0.29, 0.717) is 11.3 Å². The third kappa shape index (κ3) is 1.91. The van der Waals surface area contributed by atoms with E-state index in [-0.39, 0.29) is 0 Å². The van der Waals surface area contributed by atoms with E-state index in [2.05, 4.69) is 26.0 Å². The van der Waals surface area contributed by atoms with Gasteiger partial charge in [-0.15, -0.1) is 0 Å². The van der Waals surface area contributed by atoms with Crippen LogP contribution >= 0.6 is 11.6 Å². The average molecular weight is 224 g/mol.